The molecule has 34 heavy (non-hydrogen) atoms. The van der Waals surface area contributed by atoms with E-state index in [1.807, 2.05) is 12.1 Å². The van der Waals surface area contributed by atoms with Gasteiger partial charge < -0.3 is 14.5 Å². The number of fused-ring (bicyclic) bond motifs is 1. The van der Waals surface area contributed by atoms with Crippen LogP contribution in [0.3, 0.4) is 0 Å². The summed E-state index contributed by atoms with van der Waals surface area (Å²) in [5, 5.41) is 2.57. The summed E-state index contributed by atoms with van der Waals surface area (Å²) in [5.74, 6) is -1.79. The second-order valence-corrected chi connectivity index (χ2v) is 10.0. The molecule has 8 nitrogen and oxygen atoms in total. The van der Waals surface area contributed by atoms with Gasteiger partial charge in [0.1, 0.15) is 17.7 Å². The van der Waals surface area contributed by atoms with Crippen LogP contribution in [-0.4, -0.2) is 25.6 Å². The van der Waals surface area contributed by atoms with Crippen molar-refractivity contribution < 1.29 is 31.1 Å². The summed E-state index contributed by atoms with van der Waals surface area (Å²) in [6.07, 6.45) is 3.72. The lowest BCUT2D eigenvalue weighted by molar-refractivity contribution is 0.0934. The summed E-state index contributed by atoms with van der Waals surface area (Å²) in [6, 6.07) is 6.83. The molecule has 1 amide bonds. The van der Waals surface area contributed by atoms with Gasteiger partial charge >= 0.3 is 6.08 Å². The van der Waals surface area contributed by atoms with Crippen LogP contribution in [0, 0.1) is 11.6 Å². The minimum Gasteiger partial charge on any atom is -0.416 e. The van der Waals surface area contributed by atoms with Crippen LogP contribution in [0.2, 0.25) is 0 Å². The van der Waals surface area contributed by atoms with Crippen molar-refractivity contribution in [3.63, 3.8) is 0 Å². The molecule has 180 valence electrons. The van der Waals surface area contributed by atoms with Crippen molar-refractivity contribution in [1.29, 1.82) is 0 Å². The highest BCUT2D eigenvalue weighted by molar-refractivity contribution is 7.92. The molecule has 0 radical (unpaired) electrons. The lowest BCUT2D eigenvalue weighted by atomic mass is 10.0. The number of nitrogens with zero attached hydrogens (tertiary/aromatic N) is 1. The van der Waals surface area contributed by atoms with E-state index in [-0.39, 0.29) is 17.3 Å². The van der Waals surface area contributed by atoms with Crippen molar-refractivity contribution in [2.75, 3.05) is 11.0 Å². The van der Waals surface area contributed by atoms with E-state index in [4.69, 9.17) is 9.15 Å². The lowest BCUT2D eigenvalue weighted by Gasteiger charge is -2.15. The fourth-order valence-electron chi connectivity index (χ4n) is 3.91. The van der Waals surface area contributed by atoms with Crippen molar-refractivity contribution in [3.8, 4) is 11.8 Å². The Balaban J connectivity index is 1.45. The molecule has 4 rings (SSSR count). The van der Waals surface area contributed by atoms with E-state index in [0.29, 0.717) is 11.7 Å². The molecule has 1 aromatic heterocycles. The van der Waals surface area contributed by atoms with Gasteiger partial charge in [0.2, 0.25) is 10.0 Å². The van der Waals surface area contributed by atoms with Gasteiger partial charge in [-0.05, 0) is 60.6 Å². The first-order valence-corrected chi connectivity index (χ1v) is 12.4. The highest BCUT2D eigenvalue weighted by atomic mass is 32.2. The van der Waals surface area contributed by atoms with Crippen LogP contribution in [0.15, 0.2) is 41.0 Å². The van der Waals surface area contributed by atoms with Crippen LogP contribution in [0.4, 0.5) is 14.5 Å². The number of hydrogen-bond donors (Lipinski definition) is 2. The Morgan fingerprint density at radius 1 is 1.26 bits per heavy atom. The van der Waals surface area contributed by atoms with Crippen molar-refractivity contribution in [3.05, 3.63) is 70.6 Å². The number of carbonyl (C=O) groups excluding carboxylic acids is 1. The molecule has 2 unspecified atom stereocenters. The number of aromatic nitrogens is 1. The van der Waals surface area contributed by atoms with E-state index in [9.17, 15) is 22.0 Å². The number of amides is 1. The molecule has 2 aromatic carbocycles. The summed E-state index contributed by atoms with van der Waals surface area (Å²) >= 11 is 0. The van der Waals surface area contributed by atoms with Crippen molar-refractivity contribution in [2.24, 2.45) is 0 Å². The highest BCUT2D eigenvalue weighted by Gasteiger charge is 2.24. The standard InChI is InChI=1S/C23H23F2N3O5S/c1-12-7-8-16-15(12)5-4-6-20(16)33-23-27-19(11-32-23)22(29)26-13(2)14-9-17(24)21(18(25)10-14)28-34(3,30)31/h4-6,9-13,28H,7-8H2,1-3H3,(H,26,29). The first-order valence-electron chi connectivity index (χ1n) is 10.5. The predicted octanol–water partition coefficient (Wildman–Crippen LogP) is 4.66. The Labute approximate surface area is 195 Å². The van der Waals surface area contributed by atoms with Crippen molar-refractivity contribution in [2.45, 2.75) is 38.6 Å². The van der Waals surface area contributed by atoms with Crippen LogP contribution in [0.5, 0.6) is 11.8 Å². The summed E-state index contributed by atoms with van der Waals surface area (Å²) < 4.78 is 63.9. The number of sulfonamides is 1. The molecule has 11 heteroatoms. The molecule has 1 aliphatic carbocycles. The zero-order valence-electron chi connectivity index (χ0n) is 18.7. The molecule has 0 spiro atoms. The van der Waals surface area contributed by atoms with Gasteiger partial charge in [0, 0.05) is 0 Å². The van der Waals surface area contributed by atoms with E-state index in [1.165, 1.54) is 12.5 Å². The molecule has 2 N–H and O–H groups in total. The second kappa shape index (κ2) is 9.05. The Morgan fingerprint density at radius 3 is 2.65 bits per heavy atom. The third-order valence-corrected chi connectivity index (χ3v) is 6.21. The Hall–Kier alpha value is -3.47. The van der Waals surface area contributed by atoms with Crippen molar-refractivity contribution in [1.82, 2.24) is 10.3 Å². The molecule has 0 fully saturated rings. The molecule has 3 aromatic rings. The van der Waals surface area contributed by atoms with E-state index >= 15 is 0 Å². The monoisotopic (exact) mass is 491 g/mol. The largest absolute Gasteiger partial charge is 0.416 e. The Morgan fingerprint density at radius 2 is 1.97 bits per heavy atom. The molecule has 0 saturated carbocycles. The molecule has 2 atom stereocenters. The maximum atomic E-state index is 14.3. The van der Waals surface area contributed by atoms with Crippen LogP contribution in [0.25, 0.3) is 0 Å². The predicted molar refractivity (Wildman–Crippen MR) is 120 cm³/mol. The minimum absolute atomic E-state index is 0.0703. The highest BCUT2D eigenvalue weighted by Crippen LogP contribution is 2.39. The number of hydrogen-bond acceptors (Lipinski definition) is 6. The number of ether oxygens (including phenoxy) is 1. The number of carbonyl (C=O) groups is 1. The quantitative estimate of drug-likeness (QED) is 0.498. The third-order valence-electron chi connectivity index (χ3n) is 5.64. The zero-order valence-corrected chi connectivity index (χ0v) is 19.5. The van der Waals surface area contributed by atoms with Gasteiger partial charge in [0.25, 0.3) is 5.91 Å². The average molecular weight is 492 g/mol. The van der Waals surface area contributed by atoms with Gasteiger partial charge in [-0.1, -0.05) is 19.1 Å². The topological polar surface area (TPSA) is 111 Å². The average Bonchev–Trinajstić information content (AvgIpc) is 3.37. The van der Waals surface area contributed by atoms with Crippen LogP contribution >= 0.6 is 0 Å². The fraction of sp³-hybridized carbons (Fsp3) is 0.304. The van der Waals surface area contributed by atoms with Gasteiger partial charge in [0.15, 0.2) is 17.3 Å². The van der Waals surface area contributed by atoms with E-state index in [2.05, 4.69) is 23.3 Å². The van der Waals surface area contributed by atoms with Gasteiger partial charge in [0.05, 0.1) is 12.3 Å². The summed E-state index contributed by atoms with van der Waals surface area (Å²) in [7, 11) is -3.87. The molecule has 0 saturated heterocycles. The number of nitrogens with one attached hydrogen (secondary N) is 2. The molecule has 0 bridgehead atoms. The summed E-state index contributed by atoms with van der Waals surface area (Å²) in [6.45, 7) is 3.67. The van der Waals surface area contributed by atoms with Gasteiger partial charge in [-0.25, -0.2) is 17.2 Å². The van der Waals surface area contributed by atoms with Gasteiger partial charge in [-0.2, -0.15) is 4.98 Å². The fourth-order valence-corrected chi connectivity index (χ4v) is 4.47. The Kier molecular flexibility index (Phi) is 6.30. The van der Waals surface area contributed by atoms with E-state index in [0.717, 1.165) is 43.1 Å². The summed E-state index contributed by atoms with van der Waals surface area (Å²) in [5.41, 5.74) is 1.54. The molecular weight excluding hydrogens is 468 g/mol. The second-order valence-electron chi connectivity index (χ2n) is 8.29. The molecule has 1 aliphatic rings. The summed E-state index contributed by atoms with van der Waals surface area (Å²) in [4.78, 5) is 16.6. The SMILES string of the molecule is CC1CCc2c(Oc3nc(C(=O)NC(C)c4cc(F)c(NS(C)(=O)=O)c(F)c4)co3)cccc21. The molecule has 0 aliphatic heterocycles. The normalized spacial score (nSPS) is 16.1. The van der Waals surface area contributed by atoms with Gasteiger partial charge in [-0.15, -0.1) is 0 Å². The maximum absolute atomic E-state index is 14.3. The first-order chi connectivity index (χ1) is 16.0. The number of rotatable bonds is 7. The molecule has 1 heterocycles. The molecular formula is C23H23F2N3O5S. The minimum atomic E-state index is -3.87. The lowest BCUT2D eigenvalue weighted by Crippen LogP contribution is -2.27. The Bertz CT molecular complexity index is 1330. The van der Waals surface area contributed by atoms with Crippen LogP contribution < -0.4 is 14.8 Å². The van der Waals surface area contributed by atoms with Crippen molar-refractivity contribution >= 4 is 21.6 Å². The smallest absolute Gasteiger partial charge is 0.399 e. The maximum Gasteiger partial charge on any atom is 0.399 e. The first kappa shape index (κ1) is 23.7. The van der Waals surface area contributed by atoms with Crippen LogP contribution in [-0.2, 0) is 16.4 Å². The zero-order chi connectivity index (χ0) is 24.6. The van der Waals surface area contributed by atoms with E-state index in [1.54, 1.807) is 4.72 Å². The number of anilines is 1. The van der Waals surface area contributed by atoms with E-state index < -0.39 is 39.3 Å². The van der Waals surface area contributed by atoms with Crippen LogP contribution in [0.1, 0.15) is 59.4 Å². The number of halogens is 2. The number of benzene rings is 2. The third kappa shape index (κ3) is 5.04. The number of oxazole rings is 1. The van der Waals surface area contributed by atoms with Gasteiger partial charge in [-0.3, -0.25) is 9.52 Å².